The van der Waals surface area contributed by atoms with E-state index >= 15 is 0 Å². The summed E-state index contributed by atoms with van der Waals surface area (Å²) in [7, 11) is 0. The molecule has 2 N–H and O–H groups in total. The molecule has 0 aliphatic carbocycles. The third-order valence-corrected chi connectivity index (χ3v) is 4.55. The molecule has 3 aromatic rings. The van der Waals surface area contributed by atoms with Gasteiger partial charge in [-0.25, -0.2) is 10.6 Å². The van der Waals surface area contributed by atoms with Crippen LogP contribution >= 0.6 is 35.4 Å². The summed E-state index contributed by atoms with van der Waals surface area (Å²) in [6, 6.07) is 12.8. The molecule has 3 rings (SSSR count). The van der Waals surface area contributed by atoms with Gasteiger partial charge in [0.2, 0.25) is 4.77 Å². The van der Waals surface area contributed by atoms with Crippen molar-refractivity contribution in [2.75, 3.05) is 12.1 Å². The van der Waals surface area contributed by atoms with Crippen molar-refractivity contribution in [3.8, 4) is 17.1 Å². The lowest BCUT2D eigenvalue weighted by Gasteiger charge is -2.07. The average Bonchev–Trinajstić information content (AvgIpc) is 3.00. The summed E-state index contributed by atoms with van der Waals surface area (Å²) in [5.74, 6) is 1.38. The molecule has 0 spiro atoms. The van der Waals surface area contributed by atoms with Gasteiger partial charge >= 0.3 is 0 Å². The highest BCUT2D eigenvalue weighted by atomic mass is 35.5. The number of H-pyrrole nitrogens is 1. The average molecular weight is 408 g/mol. The van der Waals surface area contributed by atoms with Gasteiger partial charge < -0.3 is 4.74 Å². The smallest absolute Gasteiger partial charge is 0.216 e. The molecule has 0 saturated heterocycles. The van der Waals surface area contributed by atoms with E-state index in [0.717, 1.165) is 11.3 Å². The fourth-order valence-corrected chi connectivity index (χ4v) is 2.76. The Morgan fingerprint density at radius 1 is 1.27 bits per heavy atom. The lowest BCUT2D eigenvalue weighted by atomic mass is 10.2. The zero-order valence-electron chi connectivity index (χ0n) is 13.7. The number of nitrogens with zero attached hydrogens (tertiary/aromatic N) is 3. The van der Waals surface area contributed by atoms with Gasteiger partial charge in [-0.1, -0.05) is 35.3 Å². The number of hydrogen-bond acceptors (Lipinski definition) is 5. The molecule has 134 valence electrons. The Kier molecular flexibility index (Phi) is 5.92. The molecule has 6 nitrogen and oxygen atoms in total. The lowest BCUT2D eigenvalue weighted by molar-refractivity contribution is 0.340. The molecule has 1 aromatic heterocycles. The summed E-state index contributed by atoms with van der Waals surface area (Å²) < 4.78 is 7.38. The maximum absolute atomic E-state index is 6.14. The molecule has 0 unspecified atom stereocenters. The fraction of sp³-hybridized carbons (Fsp3) is 0.118. The Hall–Kier alpha value is -2.35. The van der Waals surface area contributed by atoms with E-state index < -0.39 is 0 Å². The standard InChI is InChI=1S/C17H15Cl2N5OS/c1-2-25-13-8-6-11(7-9-13)16-21-22-17(26)24(16)23-20-10-12-4-3-5-14(18)15(12)19/h3-10,23H,2H2,1H3,(H,22,26)/b20-10+. The molecule has 0 atom stereocenters. The predicted molar refractivity (Wildman–Crippen MR) is 107 cm³/mol. The van der Waals surface area contributed by atoms with E-state index in [4.69, 9.17) is 40.2 Å². The number of aromatic nitrogens is 3. The van der Waals surface area contributed by atoms with Crippen LogP contribution in [0.25, 0.3) is 11.4 Å². The van der Waals surface area contributed by atoms with Gasteiger partial charge in [-0.3, -0.25) is 0 Å². The van der Waals surface area contributed by atoms with Crippen molar-refractivity contribution in [2.45, 2.75) is 6.92 Å². The summed E-state index contributed by atoms with van der Waals surface area (Å²) in [6.07, 6.45) is 1.56. The van der Waals surface area contributed by atoms with Crippen molar-refractivity contribution >= 4 is 41.6 Å². The summed E-state index contributed by atoms with van der Waals surface area (Å²) in [5.41, 5.74) is 4.39. The van der Waals surface area contributed by atoms with Crippen LogP contribution in [-0.4, -0.2) is 27.7 Å². The van der Waals surface area contributed by atoms with E-state index in [1.807, 2.05) is 31.2 Å². The SMILES string of the molecule is CCOc1ccc(-c2n[nH]c(=S)n2N/N=C/c2cccc(Cl)c2Cl)cc1. The Labute approximate surface area is 165 Å². The van der Waals surface area contributed by atoms with Gasteiger partial charge in [0.05, 0.1) is 22.9 Å². The van der Waals surface area contributed by atoms with Crippen molar-refractivity contribution in [1.29, 1.82) is 0 Å². The van der Waals surface area contributed by atoms with Crippen molar-refractivity contribution in [3.05, 3.63) is 62.8 Å². The van der Waals surface area contributed by atoms with Crippen LogP contribution < -0.4 is 10.3 Å². The lowest BCUT2D eigenvalue weighted by Crippen LogP contribution is -2.10. The first kappa shape index (κ1) is 18.4. The molecule has 0 aliphatic rings. The van der Waals surface area contributed by atoms with Gasteiger partial charge in [0, 0.05) is 11.1 Å². The number of nitrogens with one attached hydrogen (secondary N) is 2. The van der Waals surface area contributed by atoms with Gasteiger partial charge in [0.15, 0.2) is 5.82 Å². The monoisotopic (exact) mass is 407 g/mol. The van der Waals surface area contributed by atoms with Crippen molar-refractivity contribution in [3.63, 3.8) is 0 Å². The Morgan fingerprint density at radius 3 is 2.77 bits per heavy atom. The summed E-state index contributed by atoms with van der Waals surface area (Å²) in [5, 5.41) is 12.1. The molecule has 0 fully saturated rings. The second-order valence-electron chi connectivity index (χ2n) is 5.15. The van der Waals surface area contributed by atoms with E-state index in [2.05, 4.69) is 20.8 Å². The molecule has 0 aliphatic heterocycles. The Bertz CT molecular complexity index is 982. The van der Waals surface area contributed by atoms with Gasteiger partial charge in [0.1, 0.15) is 5.75 Å². The zero-order chi connectivity index (χ0) is 18.5. The van der Waals surface area contributed by atoms with Crippen LogP contribution in [0.2, 0.25) is 10.0 Å². The highest BCUT2D eigenvalue weighted by Gasteiger charge is 2.09. The minimum absolute atomic E-state index is 0.378. The van der Waals surface area contributed by atoms with Gasteiger partial charge in [-0.05, 0) is 49.5 Å². The van der Waals surface area contributed by atoms with Gasteiger partial charge in [-0.15, -0.1) is 0 Å². The quantitative estimate of drug-likeness (QED) is 0.346. The number of rotatable bonds is 6. The predicted octanol–water partition coefficient (Wildman–Crippen LogP) is 4.89. The Balaban J connectivity index is 1.83. The van der Waals surface area contributed by atoms with Crippen LogP contribution in [0.5, 0.6) is 5.75 Å². The molecule has 1 heterocycles. The Morgan fingerprint density at radius 2 is 2.04 bits per heavy atom. The largest absolute Gasteiger partial charge is 0.494 e. The molecule has 26 heavy (non-hydrogen) atoms. The number of hydrazone groups is 1. The maximum Gasteiger partial charge on any atom is 0.216 e. The van der Waals surface area contributed by atoms with Crippen LogP contribution in [0.4, 0.5) is 0 Å². The van der Waals surface area contributed by atoms with E-state index in [-0.39, 0.29) is 0 Å². The van der Waals surface area contributed by atoms with Crippen LogP contribution in [0.3, 0.4) is 0 Å². The fourth-order valence-electron chi connectivity index (χ4n) is 2.23. The zero-order valence-corrected chi connectivity index (χ0v) is 16.1. The maximum atomic E-state index is 6.14. The topological polar surface area (TPSA) is 67.2 Å². The number of benzene rings is 2. The number of ether oxygens (including phenoxy) is 1. The highest BCUT2D eigenvalue weighted by Crippen LogP contribution is 2.24. The highest BCUT2D eigenvalue weighted by molar-refractivity contribution is 7.71. The third kappa shape index (κ3) is 4.07. The van der Waals surface area contributed by atoms with E-state index in [1.54, 1.807) is 29.1 Å². The molecule has 0 amide bonds. The summed E-state index contributed by atoms with van der Waals surface area (Å²) in [4.78, 5) is 0. The third-order valence-electron chi connectivity index (χ3n) is 3.44. The summed E-state index contributed by atoms with van der Waals surface area (Å²) >= 11 is 17.4. The molecule has 0 bridgehead atoms. The first-order chi connectivity index (χ1) is 12.6. The summed E-state index contributed by atoms with van der Waals surface area (Å²) in [6.45, 7) is 2.55. The normalized spacial score (nSPS) is 11.0. The molecule has 9 heteroatoms. The minimum Gasteiger partial charge on any atom is -0.494 e. The minimum atomic E-state index is 0.378. The number of halogens is 2. The van der Waals surface area contributed by atoms with E-state index in [1.165, 1.54) is 0 Å². The van der Waals surface area contributed by atoms with Crippen LogP contribution in [-0.2, 0) is 0 Å². The first-order valence-electron chi connectivity index (χ1n) is 7.74. The first-order valence-corrected chi connectivity index (χ1v) is 8.90. The molecule has 2 aromatic carbocycles. The van der Waals surface area contributed by atoms with Gasteiger partial charge in [-0.2, -0.15) is 14.9 Å². The molecular formula is C17H15Cl2N5OS. The van der Waals surface area contributed by atoms with Gasteiger partial charge in [0.25, 0.3) is 0 Å². The van der Waals surface area contributed by atoms with E-state index in [9.17, 15) is 0 Å². The number of aromatic amines is 1. The number of hydrogen-bond donors (Lipinski definition) is 2. The van der Waals surface area contributed by atoms with Crippen LogP contribution in [0.15, 0.2) is 47.6 Å². The van der Waals surface area contributed by atoms with E-state index in [0.29, 0.717) is 32.8 Å². The van der Waals surface area contributed by atoms with Crippen molar-refractivity contribution < 1.29 is 4.74 Å². The van der Waals surface area contributed by atoms with Crippen molar-refractivity contribution in [2.24, 2.45) is 5.10 Å². The second kappa shape index (κ2) is 8.35. The van der Waals surface area contributed by atoms with Crippen LogP contribution in [0.1, 0.15) is 12.5 Å². The van der Waals surface area contributed by atoms with Crippen molar-refractivity contribution in [1.82, 2.24) is 14.9 Å². The molecule has 0 saturated carbocycles. The van der Waals surface area contributed by atoms with Crippen LogP contribution in [0, 0.1) is 4.77 Å². The second-order valence-corrected chi connectivity index (χ2v) is 6.32. The molecular weight excluding hydrogens is 393 g/mol. The molecule has 0 radical (unpaired) electrons.